The molecule has 1 aromatic rings. The second-order valence-electron chi connectivity index (χ2n) is 3.28. The van der Waals surface area contributed by atoms with Gasteiger partial charge in [0.25, 0.3) is 0 Å². The fourth-order valence-corrected chi connectivity index (χ4v) is 1.29. The topological polar surface area (TPSA) is 80.4 Å². The van der Waals surface area contributed by atoms with Crippen LogP contribution in [0.5, 0.6) is 0 Å². The summed E-state index contributed by atoms with van der Waals surface area (Å²) in [7, 11) is 1.62. The molecule has 0 radical (unpaired) electrons. The minimum atomic E-state index is 0.0503. The quantitative estimate of drug-likeness (QED) is 0.637. The number of aromatic nitrogens is 1. The van der Waals surface area contributed by atoms with E-state index in [1.807, 2.05) is 0 Å². The molecule has 1 unspecified atom stereocenters. The Morgan fingerprint density at radius 3 is 3.07 bits per heavy atom. The van der Waals surface area contributed by atoms with Gasteiger partial charge in [0, 0.05) is 31.7 Å². The van der Waals surface area contributed by atoms with Crippen LogP contribution in [0.1, 0.15) is 6.42 Å². The number of methoxy groups -OCH3 is 1. The van der Waals surface area contributed by atoms with Gasteiger partial charge in [0.2, 0.25) is 0 Å². The standard InChI is InChI=1S/C10H17N3O2/c1-15-7-9(3-5-14)13-10-6-8(11)2-4-12-10/h2,4,6,9,14H,3,5,7H2,1H3,(H3,11,12,13). The number of hydrogen-bond acceptors (Lipinski definition) is 5. The van der Waals surface area contributed by atoms with E-state index in [1.54, 1.807) is 25.4 Å². The monoisotopic (exact) mass is 211 g/mol. The van der Waals surface area contributed by atoms with Crippen molar-refractivity contribution >= 4 is 11.5 Å². The first-order valence-electron chi connectivity index (χ1n) is 4.84. The molecule has 1 heterocycles. The maximum atomic E-state index is 8.86. The van der Waals surface area contributed by atoms with Crippen molar-refractivity contribution in [2.24, 2.45) is 0 Å². The third kappa shape index (κ3) is 4.14. The van der Waals surface area contributed by atoms with Crippen molar-refractivity contribution < 1.29 is 9.84 Å². The molecule has 1 aromatic heterocycles. The Bertz CT molecular complexity index is 288. The highest BCUT2D eigenvalue weighted by Crippen LogP contribution is 2.10. The van der Waals surface area contributed by atoms with Gasteiger partial charge in [-0.15, -0.1) is 0 Å². The number of nitrogens with two attached hydrogens (primary N) is 1. The van der Waals surface area contributed by atoms with Crippen molar-refractivity contribution in [2.45, 2.75) is 12.5 Å². The van der Waals surface area contributed by atoms with E-state index in [9.17, 15) is 0 Å². The van der Waals surface area contributed by atoms with E-state index in [0.717, 1.165) is 0 Å². The molecule has 5 nitrogen and oxygen atoms in total. The van der Waals surface area contributed by atoms with Gasteiger partial charge in [-0.05, 0) is 12.5 Å². The Kier molecular flexibility index (Phi) is 4.86. The van der Waals surface area contributed by atoms with Gasteiger partial charge in [-0.3, -0.25) is 0 Å². The summed E-state index contributed by atoms with van der Waals surface area (Å²) in [5, 5.41) is 12.0. The molecule has 15 heavy (non-hydrogen) atoms. The highest BCUT2D eigenvalue weighted by atomic mass is 16.5. The number of hydrogen-bond donors (Lipinski definition) is 3. The maximum absolute atomic E-state index is 8.86. The third-order valence-corrected chi connectivity index (χ3v) is 1.98. The van der Waals surface area contributed by atoms with Gasteiger partial charge in [0.15, 0.2) is 0 Å². The molecule has 0 aliphatic rings. The van der Waals surface area contributed by atoms with E-state index in [4.69, 9.17) is 15.6 Å². The summed E-state index contributed by atoms with van der Waals surface area (Å²) in [6.07, 6.45) is 2.25. The molecule has 0 aliphatic heterocycles. The van der Waals surface area contributed by atoms with Crippen LogP contribution in [0.25, 0.3) is 0 Å². The van der Waals surface area contributed by atoms with Crippen LogP contribution in [0.15, 0.2) is 18.3 Å². The molecule has 84 valence electrons. The van der Waals surface area contributed by atoms with Crippen LogP contribution in [0.4, 0.5) is 11.5 Å². The van der Waals surface area contributed by atoms with Gasteiger partial charge < -0.3 is 20.9 Å². The number of nitrogens with one attached hydrogen (secondary N) is 1. The van der Waals surface area contributed by atoms with Crippen LogP contribution in [-0.2, 0) is 4.74 Å². The fraction of sp³-hybridized carbons (Fsp3) is 0.500. The predicted molar refractivity (Wildman–Crippen MR) is 59.6 cm³/mol. The zero-order valence-corrected chi connectivity index (χ0v) is 8.81. The zero-order chi connectivity index (χ0) is 11.1. The number of rotatable bonds is 6. The first kappa shape index (κ1) is 11.7. The lowest BCUT2D eigenvalue weighted by Crippen LogP contribution is -2.26. The Hall–Kier alpha value is -1.33. The minimum Gasteiger partial charge on any atom is -0.399 e. The zero-order valence-electron chi connectivity index (χ0n) is 8.81. The summed E-state index contributed by atoms with van der Waals surface area (Å²) in [6, 6.07) is 3.53. The van der Waals surface area contributed by atoms with Crippen LogP contribution in [0, 0.1) is 0 Å². The fourth-order valence-electron chi connectivity index (χ4n) is 1.29. The first-order valence-corrected chi connectivity index (χ1v) is 4.84. The summed E-state index contributed by atoms with van der Waals surface area (Å²) in [6.45, 7) is 0.639. The van der Waals surface area contributed by atoms with E-state index in [2.05, 4.69) is 10.3 Å². The van der Waals surface area contributed by atoms with Crippen molar-refractivity contribution in [3.8, 4) is 0 Å². The Morgan fingerprint density at radius 1 is 1.67 bits per heavy atom. The smallest absolute Gasteiger partial charge is 0.128 e. The van der Waals surface area contributed by atoms with Crippen LogP contribution in [0.3, 0.4) is 0 Å². The number of aliphatic hydroxyl groups is 1. The predicted octanol–water partition coefficient (Wildman–Crippen LogP) is 0.473. The average molecular weight is 211 g/mol. The molecule has 0 bridgehead atoms. The summed E-state index contributed by atoms with van der Waals surface area (Å²) in [4.78, 5) is 4.12. The molecule has 0 fully saturated rings. The van der Waals surface area contributed by atoms with Crippen molar-refractivity contribution in [3.05, 3.63) is 18.3 Å². The molecule has 4 N–H and O–H groups in total. The van der Waals surface area contributed by atoms with E-state index in [-0.39, 0.29) is 12.6 Å². The van der Waals surface area contributed by atoms with Crippen LogP contribution in [-0.4, -0.2) is 36.5 Å². The average Bonchev–Trinajstić information content (AvgIpc) is 2.18. The van der Waals surface area contributed by atoms with E-state index < -0.39 is 0 Å². The summed E-state index contributed by atoms with van der Waals surface area (Å²) in [5.41, 5.74) is 6.28. The molecular weight excluding hydrogens is 194 g/mol. The van der Waals surface area contributed by atoms with Gasteiger partial charge >= 0.3 is 0 Å². The van der Waals surface area contributed by atoms with Gasteiger partial charge in [-0.25, -0.2) is 4.98 Å². The molecule has 5 heteroatoms. The lowest BCUT2D eigenvalue weighted by molar-refractivity contribution is 0.170. The Balaban J connectivity index is 2.56. The van der Waals surface area contributed by atoms with Crippen molar-refractivity contribution in [1.82, 2.24) is 4.98 Å². The molecule has 0 aromatic carbocycles. The molecule has 1 rings (SSSR count). The summed E-state index contributed by atoms with van der Waals surface area (Å²) in [5.74, 6) is 0.700. The molecule has 1 atom stereocenters. The lowest BCUT2D eigenvalue weighted by Gasteiger charge is -2.17. The van der Waals surface area contributed by atoms with E-state index >= 15 is 0 Å². The summed E-state index contributed by atoms with van der Waals surface area (Å²) >= 11 is 0. The Morgan fingerprint density at radius 2 is 2.47 bits per heavy atom. The lowest BCUT2D eigenvalue weighted by atomic mass is 10.2. The molecule has 0 spiro atoms. The van der Waals surface area contributed by atoms with Gasteiger partial charge in [-0.1, -0.05) is 0 Å². The van der Waals surface area contributed by atoms with Gasteiger partial charge in [0.05, 0.1) is 12.6 Å². The van der Waals surface area contributed by atoms with Crippen molar-refractivity contribution in [3.63, 3.8) is 0 Å². The second-order valence-corrected chi connectivity index (χ2v) is 3.28. The molecule has 0 saturated carbocycles. The number of aliphatic hydroxyl groups excluding tert-OH is 1. The molecule has 0 aliphatic carbocycles. The van der Waals surface area contributed by atoms with E-state index in [0.29, 0.717) is 24.5 Å². The number of pyridine rings is 1. The van der Waals surface area contributed by atoms with Crippen LogP contribution >= 0.6 is 0 Å². The van der Waals surface area contributed by atoms with Crippen molar-refractivity contribution in [2.75, 3.05) is 31.4 Å². The Labute approximate surface area is 89.3 Å². The summed E-state index contributed by atoms with van der Waals surface area (Å²) < 4.78 is 5.03. The molecule has 0 amide bonds. The number of ether oxygens (including phenoxy) is 1. The van der Waals surface area contributed by atoms with Crippen LogP contribution < -0.4 is 11.1 Å². The second kappa shape index (κ2) is 6.21. The number of anilines is 2. The SMILES string of the molecule is COCC(CCO)Nc1cc(N)ccn1. The maximum Gasteiger partial charge on any atom is 0.128 e. The van der Waals surface area contributed by atoms with Gasteiger partial charge in [-0.2, -0.15) is 0 Å². The highest BCUT2D eigenvalue weighted by Gasteiger charge is 2.07. The van der Waals surface area contributed by atoms with E-state index in [1.165, 1.54) is 0 Å². The minimum absolute atomic E-state index is 0.0503. The molecule has 0 saturated heterocycles. The largest absolute Gasteiger partial charge is 0.399 e. The first-order chi connectivity index (χ1) is 7.26. The van der Waals surface area contributed by atoms with Crippen LogP contribution in [0.2, 0.25) is 0 Å². The van der Waals surface area contributed by atoms with Gasteiger partial charge in [0.1, 0.15) is 5.82 Å². The number of nitrogen functional groups attached to an aromatic ring is 1. The molecular formula is C10H17N3O2. The highest BCUT2D eigenvalue weighted by molar-refractivity contribution is 5.48. The van der Waals surface area contributed by atoms with Crippen molar-refractivity contribution in [1.29, 1.82) is 0 Å². The normalized spacial score (nSPS) is 12.4. The third-order valence-electron chi connectivity index (χ3n) is 1.98. The number of nitrogens with zero attached hydrogens (tertiary/aromatic N) is 1.